The number of benzene rings is 2. The van der Waals surface area contributed by atoms with Crippen molar-refractivity contribution < 1.29 is 13.2 Å². The van der Waals surface area contributed by atoms with Crippen molar-refractivity contribution in [2.45, 2.75) is 32.6 Å². The second-order valence-electron chi connectivity index (χ2n) is 7.77. The fourth-order valence-electron chi connectivity index (χ4n) is 3.99. The molecule has 3 rings (SSSR count). The monoisotopic (exact) mass is 414 g/mol. The maximum Gasteiger partial charge on any atom is 0.243 e. The summed E-state index contributed by atoms with van der Waals surface area (Å²) in [5.74, 6) is 0.438. The maximum atomic E-state index is 12.9. The lowest BCUT2D eigenvalue weighted by Gasteiger charge is -2.34. The van der Waals surface area contributed by atoms with Crippen LogP contribution in [-0.4, -0.2) is 45.1 Å². The molecule has 2 aromatic rings. The number of likely N-dealkylation sites (tertiary alicyclic amines) is 1. The van der Waals surface area contributed by atoms with Crippen molar-refractivity contribution in [2.75, 3.05) is 30.2 Å². The van der Waals surface area contributed by atoms with Gasteiger partial charge >= 0.3 is 0 Å². The summed E-state index contributed by atoms with van der Waals surface area (Å²) in [7, 11) is -3.55. The molecule has 1 heterocycles. The molecule has 0 atom stereocenters. The summed E-state index contributed by atoms with van der Waals surface area (Å²) in [6.45, 7) is 3.21. The van der Waals surface area contributed by atoms with E-state index in [9.17, 15) is 13.2 Å². The molecule has 0 radical (unpaired) electrons. The van der Waals surface area contributed by atoms with Crippen molar-refractivity contribution in [2.24, 2.45) is 5.92 Å². The molecule has 5 nitrogen and oxygen atoms in total. The Bertz CT molecular complexity index is 920. The van der Waals surface area contributed by atoms with E-state index < -0.39 is 10.0 Å². The van der Waals surface area contributed by atoms with E-state index in [1.54, 1.807) is 6.07 Å². The maximum absolute atomic E-state index is 12.9. The fraction of sp³-hybridized carbons (Fsp3) is 0.435. The number of carbonyl (C=O) groups is 1. The average Bonchev–Trinajstić information content (AvgIpc) is 2.72. The van der Waals surface area contributed by atoms with Crippen molar-refractivity contribution in [3.8, 4) is 0 Å². The number of hydrogen-bond acceptors (Lipinski definition) is 3. The topological polar surface area (TPSA) is 57.7 Å². The molecule has 1 saturated heterocycles. The minimum absolute atomic E-state index is 0.125. The molecular formula is C23H30N2O3S. The Morgan fingerprint density at radius 1 is 1.03 bits per heavy atom. The van der Waals surface area contributed by atoms with E-state index in [1.807, 2.05) is 36.1 Å². The first kappa shape index (κ1) is 21.4. The number of aryl methyl sites for hydroxylation is 1. The number of amides is 1. The summed E-state index contributed by atoms with van der Waals surface area (Å²) in [5, 5.41) is 0. The number of rotatable bonds is 7. The lowest BCUT2D eigenvalue weighted by Crippen LogP contribution is -2.46. The summed E-state index contributed by atoms with van der Waals surface area (Å²) < 4.78 is 26.1. The van der Waals surface area contributed by atoms with Gasteiger partial charge in [-0.1, -0.05) is 55.5 Å². The Hall–Kier alpha value is -2.34. The Balaban J connectivity index is 1.64. The van der Waals surface area contributed by atoms with Crippen LogP contribution in [0, 0.1) is 5.92 Å². The molecule has 29 heavy (non-hydrogen) atoms. The summed E-state index contributed by atoms with van der Waals surface area (Å²) >= 11 is 0. The van der Waals surface area contributed by atoms with E-state index in [0.717, 1.165) is 24.8 Å². The minimum atomic E-state index is -3.55. The summed E-state index contributed by atoms with van der Waals surface area (Å²) in [6, 6.07) is 17.8. The predicted molar refractivity (Wildman–Crippen MR) is 117 cm³/mol. The van der Waals surface area contributed by atoms with Crippen LogP contribution in [-0.2, 0) is 27.7 Å². The molecule has 0 spiro atoms. The number of para-hydroxylation sites is 1. The molecule has 1 fully saturated rings. The van der Waals surface area contributed by atoms with E-state index in [0.29, 0.717) is 31.1 Å². The molecule has 1 aliphatic rings. The summed E-state index contributed by atoms with van der Waals surface area (Å²) in [4.78, 5) is 14.7. The van der Waals surface area contributed by atoms with Gasteiger partial charge in [-0.25, -0.2) is 8.42 Å². The highest BCUT2D eigenvalue weighted by atomic mass is 32.2. The van der Waals surface area contributed by atoms with Gasteiger partial charge in [0.05, 0.1) is 11.9 Å². The Kier molecular flexibility index (Phi) is 6.96. The highest BCUT2D eigenvalue weighted by Gasteiger charge is 2.28. The Labute approximate surface area is 174 Å². The van der Waals surface area contributed by atoms with Gasteiger partial charge in [0, 0.05) is 13.1 Å². The molecule has 0 aromatic heterocycles. The molecule has 6 heteroatoms. The number of nitrogens with zero attached hydrogens (tertiary/aromatic N) is 2. The molecule has 0 unspecified atom stereocenters. The van der Waals surface area contributed by atoms with Crippen molar-refractivity contribution in [3.05, 3.63) is 65.7 Å². The van der Waals surface area contributed by atoms with Crippen LogP contribution in [0.25, 0.3) is 0 Å². The van der Waals surface area contributed by atoms with Crippen LogP contribution in [0.15, 0.2) is 54.6 Å². The number of carbonyl (C=O) groups excluding carboxylic acids is 1. The SMILES string of the molecule is CCc1ccccc1N(CC(=O)N1CCC(Cc2ccccc2)CC1)S(C)(=O)=O. The van der Waals surface area contributed by atoms with Gasteiger partial charge < -0.3 is 4.90 Å². The first-order valence-corrected chi connectivity index (χ1v) is 12.1. The lowest BCUT2D eigenvalue weighted by atomic mass is 9.90. The molecule has 156 valence electrons. The molecule has 2 aromatic carbocycles. The zero-order valence-corrected chi connectivity index (χ0v) is 18.1. The fourth-order valence-corrected chi connectivity index (χ4v) is 4.87. The Morgan fingerprint density at radius 3 is 2.28 bits per heavy atom. The first-order chi connectivity index (χ1) is 13.9. The smallest absolute Gasteiger partial charge is 0.243 e. The minimum Gasteiger partial charge on any atom is -0.341 e. The van der Waals surface area contributed by atoms with Gasteiger partial charge in [-0.05, 0) is 48.8 Å². The van der Waals surface area contributed by atoms with E-state index >= 15 is 0 Å². The van der Waals surface area contributed by atoms with Crippen molar-refractivity contribution in [1.29, 1.82) is 0 Å². The third-order valence-electron chi connectivity index (χ3n) is 5.65. The van der Waals surface area contributed by atoms with Crippen LogP contribution in [0.3, 0.4) is 0 Å². The normalized spacial score (nSPS) is 15.3. The van der Waals surface area contributed by atoms with Gasteiger partial charge in [-0.15, -0.1) is 0 Å². The lowest BCUT2D eigenvalue weighted by molar-refractivity contribution is -0.130. The number of piperidine rings is 1. The van der Waals surface area contributed by atoms with Gasteiger partial charge in [0.2, 0.25) is 15.9 Å². The van der Waals surface area contributed by atoms with E-state index in [-0.39, 0.29) is 12.5 Å². The molecular weight excluding hydrogens is 384 g/mol. The second kappa shape index (κ2) is 9.44. The number of anilines is 1. The summed E-state index contributed by atoms with van der Waals surface area (Å²) in [6.07, 6.45) is 4.80. The van der Waals surface area contributed by atoms with Gasteiger partial charge in [-0.2, -0.15) is 0 Å². The van der Waals surface area contributed by atoms with Crippen molar-refractivity contribution >= 4 is 21.6 Å². The standard InChI is InChI=1S/C23H30N2O3S/c1-3-21-11-7-8-12-22(21)25(29(2,27)28)18-23(26)24-15-13-20(14-16-24)17-19-9-5-4-6-10-19/h4-12,20H,3,13-18H2,1-2H3. The van der Waals surface area contributed by atoms with Crippen molar-refractivity contribution in [1.82, 2.24) is 4.90 Å². The zero-order valence-electron chi connectivity index (χ0n) is 17.3. The molecule has 0 saturated carbocycles. The van der Waals surface area contributed by atoms with Gasteiger partial charge in [0.25, 0.3) is 0 Å². The number of hydrogen-bond donors (Lipinski definition) is 0. The molecule has 1 amide bonds. The van der Waals surface area contributed by atoms with Gasteiger partial charge in [0.15, 0.2) is 0 Å². The molecule has 0 N–H and O–H groups in total. The van der Waals surface area contributed by atoms with E-state index in [1.165, 1.54) is 16.1 Å². The molecule has 0 aliphatic carbocycles. The van der Waals surface area contributed by atoms with Gasteiger partial charge in [0.1, 0.15) is 6.54 Å². The zero-order chi connectivity index (χ0) is 20.9. The van der Waals surface area contributed by atoms with Crippen LogP contribution in [0.5, 0.6) is 0 Å². The van der Waals surface area contributed by atoms with Crippen LogP contribution in [0.1, 0.15) is 30.9 Å². The highest BCUT2D eigenvalue weighted by Crippen LogP contribution is 2.25. The molecule has 0 bridgehead atoms. The average molecular weight is 415 g/mol. The quantitative estimate of drug-likeness (QED) is 0.697. The largest absolute Gasteiger partial charge is 0.341 e. The molecule has 1 aliphatic heterocycles. The third kappa shape index (κ3) is 5.60. The predicted octanol–water partition coefficient (Wildman–Crippen LogP) is 3.50. The first-order valence-electron chi connectivity index (χ1n) is 10.3. The third-order valence-corrected chi connectivity index (χ3v) is 6.78. The second-order valence-corrected chi connectivity index (χ2v) is 9.67. The van der Waals surface area contributed by atoms with E-state index in [4.69, 9.17) is 0 Å². The van der Waals surface area contributed by atoms with Crippen LogP contribution in [0.2, 0.25) is 0 Å². The van der Waals surface area contributed by atoms with Gasteiger partial charge in [-0.3, -0.25) is 9.10 Å². The van der Waals surface area contributed by atoms with Crippen LogP contribution >= 0.6 is 0 Å². The number of sulfonamides is 1. The Morgan fingerprint density at radius 2 is 1.66 bits per heavy atom. The summed E-state index contributed by atoms with van der Waals surface area (Å²) in [5.41, 5.74) is 2.86. The van der Waals surface area contributed by atoms with Crippen LogP contribution in [0.4, 0.5) is 5.69 Å². The highest BCUT2D eigenvalue weighted by molar-refractivity contribution is 7.92. The van der Waals surface area contributed by atoms with Crippen molar-refractivity contribution in [3.63, 3.8) is 0 Å². The van der Waals surface area contributed by atoms with E-state index in [2.05, 4.69) is 24.3 Å². The van der Waals surface area contributed by atoms with Crippen LogP contribution < -0.4 is 4.31 Å².